The van der Waals surface area contributed by atoms with Gasteiger partial charge in [-0.3, -0.25) is 4.68 Å². The third kappa shape index (κ3) is 2.86. The molecule has 1 atom stereocenters. The summed E-state index contributed by atoms with van der Waals surface area (Å²) >= 11 is 12.0. The minimum absolute atomic E-state index is 0.456. The van der Waals surface area contributed by atoms with Gasteiger partial charge in [-0.25, -0.2) is 0 Å². The van der Waals surface area contributed by atoms with Crippen LogP contribution in [0.2, 0.25) is 10.0 Å². The SMILES string of the molecule is Cc1cc(CC(O)c2cc(Cl)ccc2Cl)n(C)n1. The van der Waals surface area contributed by atoms with Crippen LogP contribution in [-0.4, -0.2) is 14.9 Å². The smallest absolute Gasteiger partial charge is 0.0860 e. The van der Waals surface area contributed by atoms with Gasteiger partial charge in [0.05, 0.1) is 11.8 Å². The number of halogens is 2. The highest BCUT2D eigenvalue weighted by Gasteiger charge is 2.15. The molecule has 0 bridgehead atoms. The van der Waals surface area contributed by atoms with Crippen LogP contribution in [0, 0.1) is 6.92 Å². The van der Waals surface area contributed by atoms with Crippen LogP contribution >= 0.6 is 23.2 Å². The van der Waals surface area contributed by atoms with E-state index in [9.17, 15) is 5.11 Å². The fourth-order valence-corrected chi connectivity index (χ4v) is 2.36. The lowest BCUT2D eigenvalue weighted by Gasteiger charge is -2.13. The molecule has 2 rings (SSSR count). The van der Waals surface area contributed by atoms with Crippen molar-refractivity contribution in [1.82, 2.24) is 9.78 Å². The Hall–Kier alpha value is -1.03. The Morgan fingerprint density at radius 3 is 2.67 bits per heavy atom. The molecular weight excluding hydrogens is 271 g/mol. The summed E-state index contributed by atoms with van der Waals surface area (Å²) in [6.07, 6.45) is -0.233. The maximum Gasteiger partial charge on any atom is 0.0860 e. The first-order valence-electron chi connectivity index (χ1n) is 5.60. The molecule has 0 aliphatic heterocycles. The Labute approximate surface area is 116 Å². The van der Waals surface area contributed by atoms with Crippen LogP contribution in [0.25, 0.3) is 0 Å². The van der Waals surface area contributed by atoms with Gasteiger partial charge in [0.15, 0.2) is 0 Å². The van der Waals surface area contributed by atoms with Gasteiger partial charge >= 0.3 is 0 Å². The summed E-state index contributed by atoms with van der Waals surface area (Å²) < 4.78 is 1.76. The molecule has 5 heteroatoms. The summed E-state index contributed by atoms with van der Waals surface area (Å²) in [5.74, 6) is 0. The number of rotatable bonds is 3. The van der Waals surface area contributed by atoms with Gasteiger partial charge in [-0.2, -0.15) is 5.10 Å². The average Bonchev–Trinajstić information content (AvgIpc) is 2.61. The second-order valence-electron chi connectivity index (χ2n) is 4.29. The lowest BCUT2D eigenvalue weighted by molar-refractivity contribution is 0.176. The fraction of sp³-hybridized carbons (Fsp3) is 0.308. The van der Waals surface area contributed by atoms with Gasteiger partial charge in [0.2, 0.25) is 0 Å². The van der Waals surface area contributed by atoms with E-state index < -0.39 is 6.10 Å². The monoisotopic (exact) mass is 284 g/mol. The summed E-state index contributed by atoms with van der Waals surface area (Å²) in [7, 11) is 1.86. The molecule has 0 aliphatic carbocycles. The van der Waals surface area contributed by atoms with Gasteiger partial charge < -0.3 is 5.11 Å². The molecule has 0 saturated carbocycles. The number of nitrogens with zero attached hydrogens (tertiary/aromatic N) is 2. The maximum absolute atomic E-state index is 10.2. The second-order valence-corrected chi connectivity index (χ2v) is 5.13. The highest BCUT2D eigenvalue weighted by atomic mass is 35.5. The molecule has 1 unspecified atom stereocenters. The Kier molecular flexibility index (Phi) is 3.95. The first kappa shape index (κ1) is 13.4. The van der Waals surface area contributed by atoms with E-state index >= 15 is 0 Å². The van der Waals surface area contributed by atoms with E-state index in [1.807, 2.05) is 20.0 Å². The summed E-state index contributed by atoms with van der Waals surface area (Å²) in [6.45, 7) is 1.92. The van der Waals surface area contributed by atoms with Gasteiger partial charge in [0.1, 0.15) is 0 Å². The Bertz CT molecular complexity index is 566. The van der Waals surface area contributed by atoms with E-state index in [0.29, 0.717) is 22.0 Å². The van der Waals surface area contributed by atoms with Crippen molar-refractivity contribution in [2.24, 2.45) is 7.05 Å². The zero-order valence-corrected chi connectivity index (χ0v) is 11.7. The summed E-state index contributed by atoms with van der Waals surface area (Å²) in [4.78, 5) is 0. The molecule has 0 amide bonds. The van der Waals surface area contributed by atoms with Gasteiger partial charge in [-0.05, 0) is 31.2 Å². The van der Waals surface area contributed by atoms with Crippen LogP contribution in [0.15, 0.2) is 24.3 Å². The zero-order chi connectivity index (χ0) is 13.3. The Balaban J connectivity index is 2.24. The minimum atomic E-state index is -0.689. The van der Waals surface area contributed by atoms with Crippen molar-refractivity contribution in [3.63, 3.8) is 0 Å². The van der Waals surface area contributed by atoms with Crippen LogP contribution in [-0.2, 0) is 13.5 Å². The minimum Gasteiger partial charge on any atom is -0.388 e. The molecule has 0 fully saturated rings. The molecule has 96 valence electrons. The molecule has 1 aromatic heterocycles. The van der Waals surface area contributed by atoms with Crippen LogP contribution in [0.3, 0.4) is 0 Å². The zero-order valence-electron chi connectivity index (χ0n) is 10.2. The van der Waals surface area contributed by atoms with Crippen molar-refractivity contribution >= 4 is 23.2 Å². The van der Waals surface area contributed by atoms with Crippen molar-refractivity contribution in [2.75, 3.05) is 0 Å². The fourth-order valence-electron chi connectivity index (χ4n) is 1.93. The van der Waals surface area contributed by atoms with Gasteiger partial charge in [0, 0.05) is 34.8 Å². The molecule has 18 heavy (non-hydrogen) atoms. The van der Waals surface area contributed by atoms with E-state index in [1.165, 1.54) is 0 Å². The Morgan fingerprint density at radius 2 is 2.06 bits per heavy atom. The first-order valence-corrected chi connectivity index (χ1v) is 6.35. The predicted octanol–water partition coefficient (Wildman–Crippen LogP) is 3.31. The standard InChI is InChI=1S/C13H14Cl2N2O/c1-8-5-10(17(2)16-8)7-13(18)11-6-9(14)3-4-12(11)15/h3-6,13,18H,7H2,1-2H3. The predicted molar refractivity (Wildman–Crippen MR) is 73.1 cm³/mol. The third-order valence-electron chi connectivity index (χ3n) is 2.82. The van der Waals surface area contributed by atoms with Crippen molar-refractivity contribution in [1.29, 1.82) is 0 Å². The number of aliphatic hydroxyl groups excluding tert-OH is 1. The number of aromatic nitrogens is 2. The number of aryl methyl sites for hydroxylation is 2. The van der Waals surface area contributed by atoms with Gasteiger partial charge in [-0.1, -0.05) is 23.2 Å². The lowest BCUT2D eigenvalue weighted by Crippen LogP contribution is -2.07. The van der Waals surface area contributed by atoms with E-state index in [-0.39, 0.29) is 0 Å². The molecule has 0 spiro atoms. The highest BCUT2D eigenvalue weighted by Crippen LogP contribution is 2.28. The van der Waals surface area contributed by atoms with Crippen molar-refractivity contribution in [3.8, 4) is 0 Å². The van der Waals surface area contributed by atoms with Crippen molar-refractivity contribution < 1.29 is 5.11 Å². The molecular formula is C13H14Cl2N2O. The van der Waals surface area contributed by atoms with Crippen molar-refractivity contribution in [3.05, 3.63) is 51.3 Å². The lowest BCUT2D eigenvalue weighted by atomic mass is 10.0. The quantitative estimate of drug-likeness (QED) is 0.939. The second kappa shape index (κ2) is 5.31. The number of benzene rings is 1. The first-order chi connectivity index (χ1) is 8.47. The van der Waals surface area contributed by atoms with Crippen molar-refractivity contribution in [2.45, 2.75) is 19.4 Å². The van der Waals surface area contributed by atoms with Crippen LogP contribution in [0.1, 0.15) is 23.1 Å². The summed E-state index contributed by atoms with van der Waals surface area (Å²) in [6, 6.07) is 7.03. The van der Waals surface area contributed by atoms with E-state index in [1.54, 1.807) is 22.9 Å². The largest absolute Gasteiger partial charge is 0.388 e. The molecule has 1 heterocycles. The number of aliphatic hydroxyl groups is 1. The molecule has 1 aromatic carbocycles. The molecule has 1 N–H and O–H groups in total. The van der Waals surface area contributed by atoms with Crippen LogP contribution < -0.4 is 0 Å². The van der Waals surface area contributed by atoms with Gasteiger partial charge in [0.25, 0.3) is 0 Å². The summed E-state index contributed by atoms with van der Waals surface area (Å²) in [5, 5.41) is 15.6. The molecule has 0 saturated heterocycles. The topological polar surface area (TPSA) is 38.0 Å². The molecule has 0 aliphatic rings. The normalized spacial score (nSPS) is 12.7. The average molecular weight is 285 g/mol. The molecule has 0 radical (unpaired) electrons. The molecule has 3 nitrogen and oxygen atoms in total. The number of hydrogen-bond acceptors (Lipinski definition) is 2. The third-order valence-corrected chi connectivity index (χ3v) is 3.40. The summed E-state index contributed by atoms with van der Waals surface area (Å²) in [5.41, 5.74) is 2.52. The van der Waals surface area contributed by atoms with E-state index in [4.69, 9.17) is 23.2 Å². The highest BCUT2D eigenvalue weighted by molar-refractivity contribution is 6.33. The van der Waals surface area contributed by atoms with E-state index in [0.717, 1.165) is 11.4 Å². The van der Waals surface area contributed by atoms with Crippen LogP contribution in [0.5, 0.6) is 0 Å². The molecule has 2 aromatic rings. The van der Waals surface area contributed by atoms with Crippen LogP contribution in [0.4, 0.5) is 0 Å². The Morgan fingerprint density at radius 1 is 1.33 bits per heavy atom. The maximum atomic E-state index is 10.2. The van der Waals surface area contributed by atoms with Gasteiger partial charge in [-0.15, -0.1) is 0 Å². The number of hydrogen-bond donors (Lipinski definition) is 1. The van der Waals surface area contributed by atoms with E-state index in [2.05, 4.69) is 5.10 Å².